The van der Waals surface area contributed by atoms with E-state index in [-0.39, 0.29) is 0 Å². The van der Waals surface area contributed by atoms with Gasteiger partial charge in [-0.1, -0.05) is 0 Å². The third kappa shape index (κ3) is 4.13. The van der Waals surface area contributed by atoms with Gasteiger partial charge >= 0.3 is 0 Å². The minimum absolute atomic E-state index is 0.419. The summed E-state index contributed by atoms with van der Waals surface area (Å²) in [6.45, 7) is 0. The molecule has 2 nitrogen and oxygen atoms in total. The summed E-state index contributed by atoms with van der Waals surface area (Å²) in [6, 6.07) is 2.58. The van der Waals surface area contributed by atoms with Crippen LogP contribution in [-0.4, -0.2) is 18.1 Å². The molecular weight excluding hydrogens is 200 g/mol. The lowest BCUT2D eigenvalue weighted by atomic mass is 10.1. The third-order valence-corrected chi connectivity index (χ3v) is 3.34. The van der Waals surface area contributed by atoms with E-state index < -0.39 is 0 Å². The number of nitrogens with one attached hydrogen (secondary N) is 1. The average molecular weight is 216 g/mol. The lowest BCUT2D eigenvalue weighted by molar-refractivity contribution is 0.515. The average Bonchev–Trinajstić information content (AvgIpc) is 2.64. The Kier molecular flexibility index (Phi) is 5.46. The number of thiophene rings is 1. The van der Waals surface area contributed by atoms with E-state index in [1.165, 1.54) is 11.3 Å². The third-order valence-electron chi connectivity index (χ3n) is 1.97. The van der Waals surface area contributed by atoms with Gasteiger partial charge in [0.05, 0.1) is 0 Å². The second kappa shape index (κ2) is 6.43. The van der Waals surface area contributed by atoms with Crippen LogP contribution in [0.5, 0.6) is 0 Å². The molecule has 0 aromatic carbocycles. The Bertz CT molecular complexity index is 211. The maximum Gasteiger partial charge on any atom is 0.0259 e. The molecule has 0 amide bonds. The Morgan fingerprint density at radius 1 is 1.69 bits per heavy atom. The summed E-state index contributed by atoms with van der Waals surface area (Å²) in [7, 11) is 0. The van der Waals surface area contributed by atoms with Crippen LogP contribution in [-0.2, 0) is 6.42 Å². The van der Waals surface area contributed by atoms with Gasteiger partial charge in [-0.25, -0.2) is 0 Å². The van der Waals surface area contributed by atoms with Gasteiger partial charge in [0.25, 0.3) is 0 Å². The fourth-order valence-electron chi connectivity index (χ4n) is 1.20. The van der Waals surface area contributed by atoms with Crippen LogP contribution in [0.4, 0.5) is 0 Å². The van der Waals surface area contributed by atoms with Crippen LogP contribution in [0, 0.1) is 0 Å². The molecule has 1 aromatic heterocycles. The summed E-state index contributed by atoms with van der Waals surface area (Å²) in [4.78, 5) is 0. The molecule has 0 saturated carbocycles. The van der Waals surface area contributed by atoms with Gasteiger partial charge in [0.2, 0.25) is 0 Å². The largest absolute Gasteiger partial charge is 0.271 e. The molecule has 0 fully saturated rings. The summed E-state index contributed by atoms with van der Waals surface area (Å²) >= 11 is 3.61. The highest BCUT2D eigenvalue weighted by Gasteiger charge is 2.06. The first-order valence-corrected chi connectivity index (χ1v) is 6.66. The van der Waals surface area contributed by atoms with Crippen LogP contribution in [0.2, 0.25) is 0 Å². The van der Waals surface area contributed by atoms with Crippen molar-refractivity contribution in [3.05, 3.63) is 22.4 Å². The van der Waals surface area contributed by atoms with Crippen molar-refractivity contribution in [2.75, 3.05) is 12.0 Å². The lowest BCUT2D eigenvalue weighted by Crippen LogP contribution is -2.37. The van der Waals surface area contributed by atoms with Crippen LogP contribution in [0.25, 0.3) is 0 Å². The van der Waals surface area contributed by atoms with Crippen molar-refractivity contribution < 1.29 is 0 Å². The van der Waals surface area contributed by atoms with Crippen molar-refractivity contribution in [3.63, 3.8) is 0 Å². The van der Waals surface area contributed by atoms with Gasteiger partial charge in [0, 0.05) is 6.04 Å². The monoisotopic (exact) mass is 216 g/mol. The Balaban J connectivity index is 2.31. The molecule has 13 heavy (non-hydrogen) atoms. The van der Waals surface area contributed by atoms with Crippen LogP contribution >= 0.6 is 23.1 Å². The number of thioether (sulfide) groups is 1. The van der Waals surface area contributed by atoms with Crippen molar-refractivity contribution in [2.24, 2.45) is 5.84 Å². The molecule has 0 aliphatic carbocycles. The van der Waals surface area contributed by atoms with E-state index in [0.717, 1.165) is 12.8 Å². The summed E-state index contributed by atoms with van der Waals surface area (Å²) in [6.07, 6.45) is 4.30. The highest BCUT2D eigenvalue weighted by Crippen LogP contribution is 2.11. The SMILES string of the molecule is CSCCC(Cc1ccsc1)NN. The van der Waals surface area contributed by atoms with Crippen molar-refractivity contribution in [3.8, 4) is 0 Å². The van der Waals surface area contributed by atoms with E-state index in [1.54, 1.807) is 11.3 Å². The van der Waals surface area contributed by atoms with Crippen molar-refractivity contribution in [2.45, 2.75) is 18.9 Å². The van der Waals surface area contributed by atoms with E-state index in [9.17, 15) is 0 Å². The van der Waals surface area contributed by atoms with E-state index >= 15 is 0 Å². The summed E-state index contributed by atoms with van der Waals surface area (Å²) in [5.74, 6) is 6.64. The van der Waals surface area contributed by atoms with Crippen molar-refractivity contribution >= 4 is 23.1 Å². The second-order valence-electron chi connectivity index (χ2n) is 2.98. The van der Waals surface area contributed by atoms with E-state index in [4.69, 9.17) is 5.84 Å². The molecule has 0 aliphatic rings. The second-order valence-corrected chi connectivity index (χ2v) is 4.75. The van der Waals surface area contributed by atoms with Crippen LogP contribution in [0.1, 0.15) is 12.0 Å². The number of hydrazine groups is 1. The molecular formula is C9H16N2S2. The molecule has 1 heterocycles. The Morgan fingerprint density at radius 3 is 3.08 bits per heavy atom. The normalized spacial score (nSPS) is 13.1. The van der Waals surface area contributed by atoms with E-state index in [2.05, 4.69) is 28.5 Å². The molecule has 1 unspecified atom stereocenters. The quantitative estimate of drug-likeness (QED) is 0.563. The topological polar surface area (TPSA) is 38.0 Å². The maximum atomic E-state index is 5.47. The van der Waals surface area contributed by atoms with Crippen LogP contribution in [0.3, 0.4) is 0 Å². The fraction of sp³-hybridized carbons (Fsp3) is 0.556. The molecule has 0 bridgehead atoms. The minimum Gasteiger partial charge on any atom is -0.271 e. The van der Waals surface area contributed by atoms with Gasteiger partial charge in [0.1, 0.15) is 0 Å². The highest BCUT2D eigenvalue weighted by molar-refractivity contribution is 7.98. The number of rotatable bonds is 6. The van der Waals surface area contributed by atoms with Crippen LogP contribution < -0.4 is 11.3 Å². The number of hydrogen-bond donors (Lipinski definition) is 2. The van der Waals surface area contributed by atoms with Gasteiger partial charge in [-0.3, -0.25) is 11.3 Å². The van der Waals surface area contributed by atoms with Gasteiger partial charge in [0.15, 0.2) is 0 Å². The molecule has 3 N–H and O–H groups in total. The number of nitrogens with two attached hydrogens (primary N) is 1. The standard InChI is InChI=1S/C9H16N2S2/c1-12-4-3-9(11-10)6-8-2-5-13-7-8/h2,5,7,9,11H,3-4,6,10H2,1H3. The highest BCUT2D eigenvalue weighted by atomic mass is 32.2. The fourth-order valence-corrected chi connectivity index (χ4v) is 2.40. The van der Waals surface area contributed by atoms with E-state index in [1.807, 2.05) is 11.8 Å². The first kappa shape index (κ1) is 11.0. The molecule has 1 rings (SSSR count). The summed E-state index contributed by atoms with van der Waals surface area (Å²) in [5.41, 5.74) is 4.25. The van der Waals surface area contributed by atoms with Gasteiger partial charge in [-0.2, -0.15) is 23.1 Å². The Labute approximate surface area is 87.9 Å². The molecule has 0 radical (unpaired) electrons. The first-order valence-electron chi connectivity index (χ1n) is 4.33. The van der Waals surface area contributed by atoms with Crippen molar-refractivity contribution in [1.29, 1.82) is 0 Å². The lowest BCUT2D eigenvalue weighted by Gasteiger charge is -2.13. The number of hydrogen-bond acceptors (Lipinski definition) is 4. The molecule has 0 spiro atoms. The maximum absolute atomic E-state index is 5.47. The molecule has 4 heteroatoms. The summed E-state index contributed by atoms with van der Waals surface area (Å²) < 4.78 is 0. The summed E-state index contributed by atoms with van der Waals surface area (Å²) in [5, 5.41) is 4.29. The minimum atomic E-state index is 0.419. The van der Waals surface area contributed by atoms with Crippen molar-refractivity contribution in [1.82, 2.24) is 5.43 Å². The van der Waals surface area contributed by atoms with Gasteiger partial charge in [-0.05, 0) is 47.2 Å². The molecule has 74 valence electrons. The molecule has 1 aromatic rings. The predicted molar refractivity (Wildman–Crippen MR) is 62.1 cm³/mol. The smallest absolute Gasteiger partial charge is 0.0259 e. The molecule has 1 atom stereocenters. The Morgan fingerprint density at radius 2 is 2.54 bits per heavy atom. The Hall–Kier alpha value is -0.0300. The van der Waals surface area contributed by atoms with Gasteiger partial charge < -0.3 is 0 Å². The predicted octanol–water partition coefficient (Wildman–Crippen LogP) is 1.88. The van der Waals surface area contributed by atoms with Crippen LogP contribution in [0.15, 0.2) is 16.8 Å². The first-order chi connectivity index (χ1) is 6.36. The molecule has 0 saturated heterocycles. The zero-order valence-electron chi connectivity index (χ0n) is 7.82. The van der Waals surface area contributed by atoms with E-state index in [0.29, 0.717) is 6.04 Å². The zero-order valence-corrected chi connectivity index (χ0v) is 9.46. The molecule has 0 aliphatic heterocycles. The van der Waals surface area contributed by atoms with Gasteiger partial charge in [-0.15, -0.1) is 0 Å². The zero-order chi connectivity index (χ0) is 9.52.